The molecule has 0 fully saturated rings. The van der Waals surface area contributed by atoms with E-state index in [0.717, 1.165) is 23.9 Å². The van der Waals surface area contributed by atoms with Gasteiger partial charge in [0.25, 0.3) is 0 Å². The average molecular weight is 190 g/mol. The molecule has 72 valence electrons. The predicted molar refractivity (Wildman–Crippen MR) is 52.8 cm³/mol. The molecule has 14 heavy (non-hydrogen) atoms. The molecule has 1 aliphatic rings. The number of halogens is 1. The van der Waals surface area contributed by atoms with Crippen molar-refractivity contribution in [1.29, 1.82) is 0 Å². The van der Waals surface area contributed by atoms with Crippen LogP contribution in [0.4, 0.5) is 4.39 Å². The topological polar surface area (TPSA) is 28.7 Å². The van der Waals surface area contributed by atoms with Gasteiger partial charge < -0.3 is 0 Å². The van der Waals surface area contributed by atoms with Crippen LogP contribution in [-0.2, 0) is 6.42 Å². The Morgan fingerprint density at radius 3 is 3.29 bits per heavy atom. The van der Waals surface area contributed by atoms with Gasteiger partial charge in [-0.25, -0.2) is 4.39 Å². The first-order valence-electron chi connectivity index (χ1n) is 4.91. The number of benzene rings is 1. The Hall–Kier alpha value is -1.38. The van der Waals surface area contributed by atoms with Crippen molar-refractivity contribution in [3.63, 3.8) is 0 Å². The van der Waals surface area contributed by atoms with E-state index in [9.17, 15) is 4.39 Å². The predicted octanol–water partition coefficient (Wildman–Crippen LogP) is 2.75. The summed E-state index contributed by atoms with van der Waals surface area (Å²) in [5.41, 5.74) is 3.30. The molecular weight excluding hydrogens is 179 g/mol. The Kier molecular flexibility index (Phi) is 1.46. The zero-order valence-electron chi connectivity index (χ0n) is 7.97. The zero-order valence-corrected chi connectivity index (χ0v) is 7.97. The Morgan fingerprint density at radius 1 is 1.57 bits per heavy atom. The van der Waals surface area contributed by atoms with Crippen LogP contribution in [0.2, 0.25) is 0 Å². The summed E-state index contributed by atoms with van der Waals surface area (Å²) in [5.74, 6) is 0.371. The largest absolute Gasteiger partial charge is 0.277 e. The van der Waals surface area contributed by atoms with Crippen molar-refractivity contribution in [2.24, 2.45) is 0 Å². The molecule has 0 saturated heterocycles. The summed E-state index contributed by atoms with van der Waals surface area (Å²) >= 11 is 0. The number of hydrogen-bond donors (Lipinski definition) is 1. The Labute approximate surface area is 81.1 Å². The second-order valence-electron chi connectivity index (χ2n) is 4.03. The van der Waals surface area contributed by atoms with E-state index in [1.807, 2.05) is 0 Å². The van der Waals surface area contributed by atoms with Crippen LogP contribution in [0.5, 0.6) is 0 Å². The van der Waals surface area contributed by atoms with E-state index in [4.69, 9.17) is 0 Å². The van der Waals surface area contributed by atoms with E-state index in [0.29, 0.717) is 11.3 Å². The summed E-state index contributed by atoms with van der Waals surface area (Å²) in [7, 11) is 0. The van der Waals surface area contributed by atoms with Gasteiger partial charge in [-0.15, -0.1) is 0 Å². The lowest BCUT2D eigenvalue weighted by atomic mass is 10.0. The fourth-order valence-electron chi connectivity index (χ4n) is 2.43. The zero-order chi connectivity index (χ0) is 9.71. The number of nitrogens with zero attached hydrogens (tertiary/aromatic N) is 1. The van der Waals surface area contributed by atoms with Gasteiger partial charge >= 0.3 is 0 Å². The molecule has 1 unspecified atom stereocenters. The monoisotopic (exact) mass is 190 g/mol. The minimum atomic E-state index is -0.151. The molecule has 0 bridgehead atoms. The first kappa shape index (κ1) is 7.97. The molecule has 1 aromatic carbocycles. The van der Waals surface area contributed by atoms with Crippen LogP contribution in [0.1, 0.15) is 30.4 Å². The van der Waals surface area contributed by atoms with Crippen LogP contribution in [-0.4, -0.2) is 10.2 Å². The minimum Gasteiger partial charge on any atom is -0.277 e. The molecule has 0 aliphatic heterocycles. The SMILES string of the molecule is CC1CCc2cc(F)c3cn[nH]c3c21. The quantitative estimate of drug-likeness (QED) is 0.679. The van der Waals surface area contributed by atoms with Crippen LogP contribution >= 0.6 is 0 Å². The molecule has 1 atom stereocenters. The van der Waals surface area contributed by atoms with E-state index >= 15 is 0 Å². The Balaban J connectivity index is 2.45. The average Bonchev–Trinajstić information content (AvgIpc) is 2.72. The second-order valence-corrected chi connectivity index (χ2v) is 4.03. The van der Waals surface area contributed by atoms with E-state index in [2.05, 4.69) is 17.1 Å². The molecule has 2 aromatic rings. The highest BCUT2D eigenvalue weighted by Crippen LogP contribution is 2.37. The van der Waals surface area contributed by atoms with Crippen LogP contribution < -0.4 is 0 Å². The van der Waals surface area contributed by atoms with Crippen molar-refractivity contribution in [3.8, 4) is 0 Å². The lowest BCUT2D eigenvalue weighted by molar-refractivity contribution is 0.638. The van der Waals surface area contributed by atoms with Gasteiger partial charge in [-0.1, -0.05) is 6.92 Å². The highest BCUT2D eigenvalue weighted by Gasteiger charge is 2.23. The number of rotatable bonds is 0. The first-order chi connectivity index (χ1) is 6.77. The maximum Gasteiger partial charge on any atom is 0.134 e. The summed E-state index contributed by atoms with van der Waals surface area (Å²) in [5, 5.41) is 7.43. The molecule has 0 spiro atoms. The molecule has 1 aliphatic carbocycles. The van der Waals surface area contributed by atoms with Gasteiger partial charge in [0.15, 0.2) is 0 Å². The standard InChI is InChI=1S/C11H11FN2/c1-6-2-3-7-4-9(12)8-5-13-14-11(8)10(6)7/h4-6H,2-3H2,1H3,(H,13,14). The van der Waals surface area contributed by atoms with E-state index in [-0.39, 0.29) is 5.82 Å². The molecule has 2 nitrogen and oxygen atoms in total. The fraction of sp³-hybridized carbons (Fsp3) is 0.364. The van der Waals surface area contributed by atoms with E-state index in [1.165, 1.54) is 5.56 Å². The number of aromatic amines is 1. The van der Waals surface area contributed by atoms with Gasteiger partial charge in [0, 0.05) is 0 Å². The number of aryl methyl sites for hydroxylation is 1. The molecule has 0 amide bonds. The molecule has 3 heteroatoms. The highest BCUT2D eigenvalue weighted by atomic mass is 19.1. The summed E-state index contributed by atoms with van der Waals surface area (Å²) in [6, 6.07) is 1.66. The Morgan fingerprint density at radius 2 is 2.43 bits per heavy atom. The highest BCUT2D eigenvalue weighted by molar-refractivity contribution is 5.84. The number of nitrogens with one attached hydrogen (secondary N) is 1. The first-order valence-corrected chi connectivity index (χ1v) is 4.91. The van der Waals surface area contributed by atoms with Crippen LogP contribution in [0.3, 0.4) is 0 Å². The van der Waals surface area contributed by atoms with Crippen LogP contribution in [0, 0.1) is 5.82 Å². The maximum atomic E-state index is 13.5. The smallest absolute Gasteiger partial charge is 0.134 e. The van der Waals surface area contributed by atoms with E-state index < -0.39 is 0 Å². The minimum absolute atomic E-state index is 0.151. The van der Waals surface area contributed by atoms with Gasteiger partial charge in [-0.2, -0.15) is 5.10 Å². The molecule has 0 saturated carbocycles. The van der Waals surface area contributed by atoms with Crippen molar-refractivity contribution < 1.29 is 4.39 Å². The number of hydrogen-bond acceptors (Lipinski definition) is 1. The molecular formula is C11H11FN2. The van der Waals surface area contributed by atoms with Crippen LogP contribution in [0.15, 0.2) is 12.3 Å². The molecule has 1 heterocycles. The lowest BCUT2D eigenvalue weighted by Gasteiger charge is -2.05. The number of fused-ring (bicyclic) bond motifs is 3. The number of aromatic nitrogens is 2. The third-order valence-electron chi connectivity index (χ3n) is 3.15. The maximum absolute atomic E-state index is 13.5. The molecule has 3 rings (SSSR count). The number of H-pyrrole nitrogens is 1. The Bertz CT molecular complexity index is 501. The summed E-state index contributed by atoms with van der Waals surface area (Å²) in [4.78, 5) is 0. The van der Waals surface area contributed by atoms with Crippen molar-refractivity contribution in [2.45, 2.75) is 25.7 Å². The van der Waals surface area contributed by atoms with Crippen molar-refractivity contribution in [1.82, 2.24) is 10.2 Å². The van der Waals surface area contributed by atoms with Gasteiger partial charge in [0.1, 0.15) is 5.82 Å². The van der Waals surface area contributed by atoms with Crippen molar-refractivity contribution in [2.75, 3.05) is 0 Å². The van der Waals surface area contributed by atoms with Gasteiger partial charge in [0.2, 0.25) is 0 Å². The second kappa shape index (κ2) is 2.56. The van der Waals surface area contributed by atoms with Crippen molar-refractivity contribution >= 4 is 10.9 Å². The summed E-state index contributed by atoms with van der Waals surface area (Å²) in [6.45, 7) is 2.18. The van der Waals surface area contributed by atoms with Gasteiger partial charge in [-0.3, -0.25) is 5.10 Å². The lowest BCUT2D eigenvalue weighted by Crippen LogP contribution is -1.91. The molecule has 1 aromatic heterocycles. The normalized spacial score (nSPS) is 20.3. The van der Waals surface area contributed by atoms with Crippen molar-refractivity contribution in [3.05, 3.63) is 29.2 Å². The van der Waals surface area contributed by atoms with E-state index in [1.54, 1.807) is 12.3 Å². The third-order valence-corrected chi connectivity index (χ3v) is 3.15. The third kappa shape index (κ3) is 0.870. The molecule has 0 radical (unpaired) electrons. The summed E-state index contributed by atoms with van der Waals surface area (Å²) in [6.07, 6.45) is 3.67. The molecule has 1 N–H and O–H groups in total. The van der Waals surface area contributed by atoms with Gasteiger partial charge in [-0.05, 0) is 36.0 Å². The fourth-order valence-corrected chi connectivity index (χ4v) is 2.43. The van der Waals surface area contributed by atoms with Gasteiger partial charge in [0.05, 0.1) is 17.1 Å². The summed E-state index contributed by atoms with van der Waals surface area (Å²) < 4.78 is 13.5. The van der Waals surface area contributed by atoms with Crippen LogP contribution in [0.25, 0.3) is 10.9 Å².